The first-order valence-electron chi connectivity index (χ1n) is 14.2. The second-order valence-electron chi connectivity index (χ2n) is 11.4. The van der Waals surface area contributed by atoms with Crippen LogP contribution in [0, 0.1) is 11.8 Å². The quantitative estimate of drug-likeness (QED) is 0.375. The fourth-order valence-electron chi connectivity index (χ4n) is 7.18. The van der Waals surface area contributed by atoms with Crippen LogP contribution in [-0.4, -0.2) is 85.3 Å². The number of benzene rings is 1. The highest BCUT2D eigenvalue weighted by Crippen LogP contribution is 2.71. The minimum Gasteiger partial charge on any atom is -0.395 e. The number of aliphatic hydroxyl groups is 1. The zero-order valence-electron chi connectivity index (χ0n) is 23.6. The van der Waals surface area contributed by atoms with Gasteiger partial charge in [-0.25, -0.2) is 0 Å². The summed E-state index contributed by atoms with van der Waals surface area (Å²) in [5.41, 5.74) is 1.01. The fraction of sp³-hybridized carbons (Fsp3) is 0.581. The molecule has 3 heterocycles. The molecule has 1 N–H and O–H groups in total. The molecule has 1 spiro atoms. The number of aliphatic hydroxyl groups excluding tert-OH is 1. The van der Waals surface area contributed by atoms with Crippen molar-refractivity contribution < 1.29 is 19.5 Å². The van der Waals surface area contributed by atoms with Crippen molar-refractivity contribution in [3.8, 4) is 0 Å². The van der Waals surface area contributed by atoms with E-state index in [0.29, 0.717) is 26.1 Å². The summed E-state index contributed by atoms with van der Waals surface area (Å²) in [6.45, 7) is 15.0. The number of amides is 3. The van der Waals surface area contributed by atoms with E-state index in [2.05, 4.69) is 27.0 Å². The molecule has 3 saturated heterocycles. The number of hydrogen-bond donors (Lipinski definition) is 1. The maximum atomic E-state index is 14.3. The molecule has 4 rings (SSSR count). The number of hydrogen-bond acceptors (Lipinski definition) is 5. The number of carbonyl (C=O) groups is 3. The van der Waals surface area contributed by atoms with Gasteiger partial charge in [0.15, 0.2) is 0 Å². The second-order valence-corrected chi connectivity index (χ2v) is 13.3. The van der Waals surface area contributed by atoms with Crippen LogP contribution in [-0.2, 0) is 20.9 Å². The summed E-state index contributed by atoms with van der Waals surface area (Å²) in [5.74, 6) is -1.50. The van der Waals surface area contributed by atoms with E-state index in [1.54, 1.807) is 33.7 Å². The first-order chi connectivity index (χ1) is 18.7. The van der Waals surface area contributed by atoms with Crippen LogP contribution in [0.5, 0.6) is 0 Å². The van der Waals surface area contributed by atoms with Gasteiger partial charge in [0.2, 0.25) is 17.7 Å². The second kappa shape index (κ2) is 11.9. The molecule has 0 aliphatic carbocycles. The molecule has 0 saturated carbocycles. The van der Waals surface area contributed by atoms with E-state index < -0.39 is 27.4 Å². The van der Waals surface area contributed by atoms with Crippen molar-refractivity contribution in [1.82, 2.24) is 14.7 Å². The third kappa shape index (κ3) is 5.06. The van der Waals surface area contributed by atoms with Crippen molar-refractivity contribution in [3.63, 3.8) is 0 Å². The van der Waals surface area contributed by atoms with Gasteiger partial charge in [0, 0.05) is 37.0 Å². The predicted octanol–water partition coefficient (Wildman–Crippen LogP) is 3.88. The number of β-amino-alcohol motifs (C(OH)–C–C–N with tert-alkyl or cyclic N) is 1. The molecule has 0 radical (unpaired) electrons. The van der Waals surface area contributed by atoms with Gasteiger partial charge in [0.05, 0.1) is 23.2 Å². The first-order valence-corrected chi connectivity index (χ1v) is 15.0. The summed E-state index contributed by atoms with van der Waals surface area (Å²) in [6, 6.07) is 9.11. The molecule has 3 fully saturated rings. The molecule has 3 aliphatic rings. The van der Waals surface area contributed by atoms with E-state index in [4.69, 9.17) is 0 Å². The molecule has 0 aromatic heterocycles. The van der Waals surface area contributed by atoms with E-state index in [1.165, 1.54) is 0 Å². The molecule has 3 unspecified atom stereocenters. The summed E-state index contributed by atoms with van der Waals surface area (Å²) in [4.78, 5) is 48.0. The molecule has 3 amide bonds. The Hall–Kier alpha value is -2.58. The Morgan fingerprint density at radius 2 is 1.87 bits per heavy atom. The van der Waals surface area contributed by atoms with Crippen LogP contribution < -0.4 is 0 Å². The van der Waals surface area contributed by atoms with Gasteiger partial charge in [-0.05, 0) is 38.7 Å². The van der Waals surface area contributed by atoms with Gasteiger partial charge >= 0.3 is 0 Å². The molecule has 6 atom stereocenters. The van der Waals surface area contributed by atoms with Gasteiger partial charge in [0.25, 0.3) is 0 Å². The molecule has 2 bridgehead atoms. The van der Waals surface area contributed by atoms with E-state index in [0.717, 1.165) is 24.8 Å². The maximum Gasteiger partial charge on any atom is 0.247 e. The number of rotatable bonds is 13. The predicted molar refractivity (Wildman–Crippen MR) is 156 cm³/mol. The van der Waals surface area contributed by atoms with Crippen LogP contribution in [0.15, 0.2) is 55.6 Å². The molecular weight excluding hydrogens is 510 g/mol. The van der Waals surface area contributed by atoms with Crippen molar-refractivity contribution in [3.05, 3.63) is 61.2 Å². The Morgan fingerprint density at radius 1 is 1.18 bits per heavy atom. The standard InChI is InChI=1S/C31H43N3O4S/c1-6-12-22(4)33(18-8-3)29(38)26-31-16-15-30(5,39-31)24(25(31)28(37)34(26)19-20-35)27(36)32(17-7-2)21-23-13-10-9-11-14-23/h7-11,13-14,22,24-26,35H,2-3,6,12,15-21H2,1,4-5H3/t22?,24-,25-,26?,30+,31?/m0/s1. The van der Waals surface area contributed by atoms with Crippen molar-refractivity contribution in [1.29, 1.82) is 0 Å². The molecule has 39 heavy (non-hydrogen) atoms. The monoisotopic (exact) mass is 553 g/mol. The average Bonchev–Trinajstić information content (AvgIpc) is 3.48. The van der Waals surface area contributed by atoms with Crippen LogP contribution in [0.3, 0.4) is 0 Å². The highest BCUT2D eigenvalue weighted by atomic mass is 32.2. The lowest BCUT2D eigenvalue weighted by molar-refractivity contribution is -0.146. The Balaban J connectivity index is 1.73. The van der Waals surface area contributed by atoms with Crippen LogP contribution in [0.25, 0.3) is 0 Å². The molecule has 1 aromatic rings. The average molecular weight is 554 g/mol. The Labute approximate surface area is 237 Å². The van der Waals surface area contributed by atoms with Gasteiger partial charge < -0.3 is 19.8 Å². The van der Waals surface area contributed by atoms with Gasteiger partial charge in [0.1, 0.15) is 6.04 Å². The molecule has 3 aliphatic heterocycles. The topological polar surface area (TPSA) is 81.2 Å². The van der Waals surface area contributed by atoms with E-state index >= 15 is 0 Å². The van der Waals surface area contributed by atoms with Crippen molar-refractivity contribution in [2.24, 2.45) is 11.8 Å². The summed E-state index contributed by atoms with van der Waals surface area (Å²) in [5, 5.41) is 9.93. The zero-order valence-corrected chi connectivity index (χ0v) is 24.4. The van der Waals surface area contributed by atoms with Crippen LogP contribution in [0.1, 0.15) is 52.0 Å². The molecule has 7 nitrogen and oxygen atoms in total. The third-order valence-electron chi connectivity index (χ3n) is 8.84. The Kier molecular flexibility index (Phi) is 8.96. The van der Waals surface area contributed by atoms with Gasteiger partial charge in [-0.15, -0.1) is 24.9 Å². The summed E-state index contributed by atoms with van der Waals surface area (Å²) >= 11 is 1.67. The Bertz CT molecular complexity index is 1100. The largest absolute Gasteiger partial charge is 0.395 e. The van der Waals surface area contributed by atoms with Gasteiger partial charge in [-0.3, -0.25) is 14.4 Å². The lowest BCUT2D eigenvalue weighted by atomic mass is 9.66. The summed E-state index contributed by atoms with van der Waals surface area (Å²) in [6.07, 6.45) is 6.69. The number of carbonyl (C=O) groups excluding carboxylic acids is 3. The number of likely N-dealkylation sites (tertiary alicyclic amines) is 1. The number of fused-ring (bicyclic) bond motifs is 1. The van der Waals surface area contributed by atoms with Crippen molar-refractivity contribution in [2.75, 3.05) is 26.2 Å². The maximum absolute atomic E-state index is 14.3. The lowest BCUT2D eigenvalue weighted by Gasteiger charge is -2.39. The van der Waals surface area contributed by atoms with Crippen LogP contribution in [0.4, 0.5) is 0 Å². The molecule has 212 valence electrons. The van der Waals surface area contributed by atoms with Crippen molar-refractivity contribution in [2.45, 2.75) is 74.6 Å². The third-order valence-corrected chi connectivity index (χ3v) is 10.8. The van der Waals surface area contributed by atoms with Crippen LogP contribution in [0.2, 0.25) is 0 Å². The highest BCUT2D eigenvalue weighted by molar-refractivity contribution is 8.02. The lowest BCUT2D eigenvalue weighted by Crippen LogP contribution is -2.57. The normalized spacial score (nSPS) is 29.7. The Morgan fingerprint density at radius 3 is 2.49 bits per heavy atom. The smallest absolute Gasteiger partial charge is 0.247 e. The van der Waals surface area contributed by atoms with Crippen LogP contribution >= 0.6 is 11.8 Å². The number of nitrogens with zero attached hydrogens (tertiary/aromatic N) is 3. The van der Waals surface area contributed by atoms with Gasteiger partial charge in [-0.2, -0.15) is 0 Å². The number of thioether (sulfide) groups is 1. The zero-order chi connectivity index (χ0) is 28.4. The molecular formula is C31H43N3O4S. The fourth-order valence-corrected chi connectivity index (χ4v) is 9.52. The first kappa shape index (κ1) is 29.4. The van der Waals surface area contributed by atoms with E-state index in [1.807, 2.05) is 42.2 Å². The SMILES string of the molecule is C=CCN(Cc1ccccc1)C(=O)[C@@H]1[C@H]2C(=O)N(CCO)C(C(=O)N(CC=C)C(C)CCC)C23CC[C@@]1(C)S3. The summed E-state index contributed by atoms with van der Waals surface area (Å²) in [7, 11) is 0. The highest BCUT2D eigenvalue weighted by Gasteiger charge is 2.77. The van der Waals surface area contributed by atoms with Crippen molar-refractivity contribution >= 4 is 29.5 Å². The summed E-state index contributed by atoms with van der Waals surface area (Å²) < 4.78 is -1.15. The molecule has 1 aromatic carbocycles. The minimum absolute atomic E-state index is 0.00685. The van der Waals surface area contributed by atoms with Gasteiger partial charge in [-0.1, -0.05) is 55.8 Å². The molecule has 8 heteroatoms. The minimum atomic E-state index is -0.715. The van der Waals surface area contributed by atoms with E-state index in [9.17, 15) is 19.5 Å². The van der Waals surface area contributed by atoms with E-state index in [-0.39, 0.29) is 36.9 Å².